The largest absolute Gasteiger partial charge is 0.460 e. The quantitative estimate of drug-likeness (QED) is 0.334. The molecule has 0 aromatic carbocycles. The number of hydrogen-bond acceptors (Lipinski definition) is 4. The highest BCUT2D eigenvalue weighted by molar-refractivity contribution is 5.69. The first-order chi connectivity index (χ1) is 17.1. The van der Waals surface area contributed by atoms with E-state index in [0.29, 0.717) is 24.8 Å². The van der Waals surface area contributed by atoms with Gasteiger partial charge in [0, 0.05) is 29.6 Å². The van der Waals surface area contributed by atoms with Crippen LogP contribution in [0.5, 0.6) is 0 Å². The molecule has 2 aliphatic carbocycles. The lowest BCUT2D eigenvalue weighted by Gasteiger charge is -2.19. The summed E-state index contributed by atoms with van der Waals surface area (Å²) in [6.45, 7) is 7.61. The molecule has 0 aliphatic heterocycles. The molecule has 168 valence electrons. The number of allylic oxidation sites excluding steroid dienone is 2. The normalized spacial score (nSPS) is 35.4. The van der Waals surface area contributed by atoms with E-state index >= 15 is 0 Å². The van der Waals surface area contributed by atoms with Crippen molar-refractivity contribution >= 4 is 5.97 Å². The number of rotatable bonds is 8. The molecule has 1 unspecified atom stereocenters. The van der Waals surface area contributed by atoms with Gasteiger partial charge in [-0.15, -0.1) is 11.8 Å². The van der Waals surface area contributed by atoms with Crippen molar-refractivity contribution in [2.24, 2.45) is 23.7 Å². The average Bonchev–Trinajstić information content (AvgIpc) is 3.25. The molecule has 4 nitrogen and oxygen atoms in total. The molecule has 6 atom stereocenters. The number of aliphatic hydroxyl groups is 2. The molecule has 0 amide bonds. The number of ether oxygens (including phenoxy) is 1. The Hall–Kier alpha value is -1.57. The highest BCUT2D eigenvalue weighted by atomic mass is 16.6. The van der Waals surface area contributed by atoms with Crippen molar-refractivity contribution in [2.45, 2.75) is 97.2 Å². The highest BCUT2D eigenvalue weighted by Crippen LogP contribution is 2.50. The summed E-state index contributed by atoms with van der Waals surface area (Å²) in [4.78, 5) is 12.4. The molecule has 2 rings (SSSR count). The van der Waals surface area contributed by atoms with Crippen LogP contribution in [0.4, 0.5) is 0 Å². The van der Waals surface area contributed by atoms with E-state index in [4.69, 9.17) is 15.7 Å². The van der Waals surface area contributed by atoms with E-state index in [9.17, 15) is 15.0 Å². The third-order valence-electron chi connectivity index (χ3n) is 5.49. The predicted molar refractivity (Wildman–Crippen MR) is 120 cm³/mol. The molecule has 0 radical (unpaired) electrons. The van der Waals surface area contributed by atoms with Gasteiger partial charge in [0.1, 0.15) is 5.60 Å². The van der Waals surface area contributed by atoms with Crippen LogP contribution in [0.25, 0.3) is 0 Å². The van der Waals surface area contributed by atoms with Gasteiger partial charge in [-0.1, -0.05) is 30.7 Å². The SMILES string of the molecule is [2H]C([2H])(C#CC)C(C)[C@H](O)/C=C/[C@@H]1[C@H]2C/C(=C/C([2H])([2H])C([2H])([2H])C([2H])([2H])C(=O)OC(C)(C)C)C[C@H]2C[C@H]1O. The molecule has 0 aromatic rings. The molecule has 0 aromatic heterocycles. The highest BCUT2D eigenvalue weighted by Gasteiger charge is 2.44. The van der Waals surface area contributed by atoms with Crippen LogP contribution in [0.3, 0.4) is 0 Å². The number of hydrogen-bond donors (Lipinski definition) is 2. The van der Waals surface area contributed by atoms with Gasteiger partial charge < -0.3 is 14.9 Å². The van der Waals surface area contributed by atoms with Crippen LogP contribution in [0.15, 0.2) is 23.8 Å². The van der Waals surface area contributed by atoms with Crippen molar-refractivity contribution in [1.82, 2.24) is 0 Å². The standard InChI is InChI=1S/C26H40O4/c1-6-7-10-18(2)23(27)14-13-21-22-16-19(15-20(22)17-24(21)28)11-8-9-12-25(29)30-26(3,4)5/h11,13-14,18,20-24,27-28H,8-10,12,15-17H2,1-5H3/b14-13+,19-11+/t18?,20-,21+,22-,23+,24+/m0/s1/i8D2,9D2,10D2,12D2. The Balaban J connectivity index is 2.22. The third-order valence-corrected chi connectivity index (χ3v) is 5.49. The van der Waals surface area contributed by atoms with Crippen LogP contribution in [-0.4, -0.2) is 34.0 Å². The lowest BCUT2D eigenvalue weighted by Crippen LogP contribution is -2.23. The fourth-order valence-electron chi connectivity index (χ4n) is 4.10. The summed E-state index contributed by atoms with van der Waals surface area (Å²) in [6, 6.07) is 0. The van der Waals surface area contributed by atoms with Gasteiger partial charge in [0.15, 0.2) is 0 Å². The fourth-order valence-corrected chi connectivity index (χ4v) is 4.10. The topological polar surface area (TPSA) is 66.8 Å². The van der Waals surface area contributed by atoms with Crippen LogP contribution in [-0.2, 0) is 9.53 Å². The molecular weight excluding hydrogens is 376 g/mol. The van der Waals surface area contributed by atoms with Gasteiger partial charge in [-0.25, -0.2) is 0 Å². The predicted octanol–water partition coefficient (Wildman–Crippen LogP) is 4.80. The first-order valence-corrected chi connectivity index (χ1v) is 10.5. The van der Waals surface area contributed by atoms with Gasteiger partial charge in [0.2, 0.25) is 0 Å². The second-order valence-electron chi connectivity index (χ2n) is 9.09. The number of aliphatic hydroxyl groups excluding tert-OH is 2. The summed E-state index contributed by atoms with van der Waals surface area (Å²) in [6.07, 6.45) is -7.67. The minimum atomic E-state index is -3.25. The maximum atomic E-state index is 12.4. The molecule has 2 aliphatic rings. The van der Waals surface area contributed by atoms with Gasteiger partial charge in [-0.05, 0) is 77.5 Å². The summed E-state index contributed by atoms with van der Waals surface area (Å²) >= 11 is 0. The van der Waals surface area contributed by atoms with Crippen LogP contribution < -0.4 is 0 Å². The second-order valence-corrected chi connectivity index (χ2v) is 9.09. The maximum absolute atomic E-state index is 12.4. The molecule has 0 spiro atoms. The van der Waals surface area contributed by atoms with Gasteiger partial charge in [-0.3, -0.25) is 4.79 Å². The first-order valence-electron chi connectivity index (χ1n) is 14.5. The zero-order chi connectivity index (χ0) is 29.5. The summed E-state index contributed by atoms with van der Waals surface area (Å²) < 4.78 is 70.4. The Labute approximate surface area is 194 Å². The van der Waals surface area contributed by atoms with Crippen molar-refractivity contribution in [1.29, 1.82) is 0 Å². The number of carbonyl (C=O) groups excluding carboxylic acids is 1. The molecule has 0 bridgehead atoms. The molecule has 4 heteroatoms. The second kappa shape index (κ2) is 11.2. The Morgan fingerprint density at radius 2 is 2.13 bits per heavy atom. The Bertz CT molecular complexity index is 1000. The molecular formula is C26H40O4. The number of carbonyl (C=O) groups is 1. The molecule has 2 N–H and O–H groups in total. The van der Waals surface area contributed by atoms with E-state index in [1.54, 1.807) is 13.0 Å². The lowest BCUT2D eigenvalue weighted by molar-refractivity contribution is -0.154. The Morgan fingerprint density at radius 1 is 1.40 bits per heavy atom. The van der Waals surface area contributed by atoms with Crippen molar-refractivity contribution in [3.63, 3.8) is 0 Å². The molecule has 2 saturated carbocycles. The third kappa shape index (κ3) is 7.60. The average molecular weight is 425 g/mol. The van der Waals surface area contributed by atoms with Crippen molar-refractivity contribution in [2.75, 3.05) is 0 Å². The van der Waals surface area contributed by atoms with Gasteiger partial charge >= 0.3 is 5.97 Å². The lowest BCUT2D eigenvalue weighted by atomic mass is 9.89. The zero-order valence-electron chi connectivity index (χ0n) is 26.5. The van der Waals surface area contributed by atoms with Gasteiger partial charge in [0.25, 0.3) is 0 Å². The van der Waals surface area contributed by atoms with Crippen LogP contribution in [0, 0.1) is 35.5 Å². The van der Waals surface area contributed by atoms with E-state index in [0.717, 1.165) is 6.08 Å². The van der Waals surface area contributed by atoms with E-state index < -0.39 is 55.2 Å². The summed E-state index contributed by atoms with van der Waals surface area (Å²) in [5, 5.41) is 21.1. The van der Waals surface area contributed by atoms with Crippen LogP contribution in [0.2, 0.25) is 0 Å². The molecule has 0 heterocycles. The van der Waals surface area contributed by atoms with Crippen LogP contribution >= 0.6 is 0 Å². The number of esters is 1. The van der Waals surface area contributed by atoms with Gasteiger partial charge in [0.05, 0.1) is 12.2 Å². The van der Waals surface area contributed by atoms with E-state index in [-0.39, 0.29) is 17.8 Å². The zero-order valence-corrected chi connectivity index (χ0v) is 18.5. The van der Waals surface area contributed by atoms with E-state index in [2.05, 4.69) is 11.8 Å². The summed E-state index contributed by atoms with van der Waals surface area (Å²) in [5.41, 5.74) is -0.502. The molecule has 2 fully saturated rings. The fraction of sp³-hybridized carbons (Fsp3) is 0.731. The number of fused-ring (bicyclic) bond motifs is 1. The van der Waals surface area contributed by atoms with Gasteiger partial charge in [-0.2, -0.15) is 0 Å². The summed E-state index contributed by atoms with van der Waals surface area (Å²) in [7, 11) is 0. The van der Waals surface area contributed by atoms with E-state index in [1.165, 1.54) is 33.8 Å². The minimum Gasteiger partial charge on any atom is -0.460 e. The Morgan fingerprint density at radius 3 is 2.80 bits per heavy atom. The monoisotopic (exact) mass is 424 g/mol. The van der Waals surface area contributed by atoms with E-state index in [1.807, 2.05) is 0 Å². The Kier molecular flexibility index (Phi) is 5.68. The molecule has 0 saturated heterocycles. The smallest absolute Gasteiger partial charge is 0.306 e. The minimum absolute atomic E-state index is 0.0119. The van der Waals surface area contributed by atoms with Crippen molar-refractivity contribution in [3.05, 3.63) is 23.8 Å². The summed E-state index contributed by atoms with van der Waals surface area (Å²) in [5.74, 6) is 2.21. The van der Waals surface area contributed by atoms with Crippen molar-refractivity contribution < 1.29 is 30.7 Å². The van der Waals surface area contributed by atoms with Crippen molar-refractivity contribution in [3.8, 4) is 11.8 Å². The first kappa shape index (κ1) is 15.3. The molecule has 30 heavy (non-hydrogen) atoms. The maximum Gasteiger partial charge on any atom is 0.306 e. The van der Waals surface area contributed by atoms with Crippen LogP contribution in [0.1, 0.15) is 90.3 Å².